The number of hydrogen-bond donors (Lipinski definition) is 1. The maximum Gasteiger partial charge on any atom is 0.226 e. The molecule has 0 aromatic rings. The summed E-state index contributed by atoms with van der Waals surface area (Å²) in [7, 11) is 0. The van der Waals surface area contributed by atoms with E-state index >= 15 is 0 Å². The molecule has 100 valence electrons. The summed E-state index contributed by atoms with van der Waals surface area (Å²) in [6.45, 7) is 10.3. The molecule has 0 saturated carbocycles. The summed E-state index contributed by atoms with van der Waals surface area (Å²) in [5.74, 6) is 1.25. The van der Waals surface area contributed by atoms with E-state index in [0.29, 0.717) is 11.8 Å². The lowest BCUT2D eigenvalue weighted by Crippen LogP contribution is -2.44. The highest BCUT2D eigenvalue weighted by atomic mass is 16.2. The molecule has 3 heteroatoms. The van der Waals surface area contributed by atoms with E-state index in [1.807, 2.05) is 0 Å². The second-order valence-electron chi connectivity index (χ2n) is 5.10. The molecule has 1 N–H and O–H groups in total. The highest BCUT2D eigenvalue weighted by Gasteiger charge is 2.25. The maximum atomic E-state index is 12.4. The Morgan fingerprint density at radius 1 is 1.35 bits per heavy atom. The molecule has 1 rings (SSSR count). The van der Waals surface area contributed by atoms with Crippen LogP contribution in [-0.4, -0.2) is 37.0 Å². The van der Waals surface area contributed by atoms with Crippen LogP contribution in [0.4, 0.5) is 0 Å². The van der Waals surface area contributed by atoms with Gasteiger partial charge in [0.1, 0.15) is 0 Å². The van der Waals surface area contributed by atoms with E-state index in [2.05, 4.69) is 31.0 Å². The molecule has 1 unspecified atom stereocenters. The Morgan fingerprint density at radius 2 is 2.06 bits per heavy atom. The number of hydrogen-bond acceptors (Lipinski definition) is 2. The largest absolute Gasteiger partial charge is 0.342 e. The predicted octanol–water partition coefficient (Wildman–Crippen LogP) is 2.27. The lowest BCUT2D eigenvalue weighted by Gasteiger charge is -2.31. The van der Waals surface area contributed by atoms with E-state index in [9.17, 15) is 4.79 Å². The number of nitrogens with zero attached hydrogens (tertiary/aromatic N) is 1. The molecule has 0 aromatic heterocycles. The molecule has 0 aromatic carbocycles. The number of piperidine rings is 1. The topological polar surface area (TPSA) is 32.3 Å². The zero-order valence-electron chi connectivity index (χ0n) is 11.7. The number of carbonyl (C=O) groups is 1. The Kier molecular flexibility index (Phi) is 6.56. The Labute approximate surface area is 106 Å². The fourth-order valence-electron chi connectivity index (χ4n) is 2.55. The third kappa shape index (κ3) is 4.30. The second-order valence-corrected chi connectivity index (χ2v) is 5.10. The Balaban J connectivity index is 2.50. The van der Waals surface area contributed by atoms with Crippen LogP contribution in [0, 0.1) is 11.8 Å². The van der Waals surface area contributed by atoms with Crippen LogP contribution in [0.2, 0.25) is 0 Å². The fourth-order valence-corrected chi connectivity index (χ4v) is 2.55. The van der Waals surface area contributed by atoms with Gasteiger partial charge in [-0.25, -0.2) is 0 Å². The Morgan fingerprint density at radius 3 is 2.53 bits per heavy atom. The van der Waals surface area contributed by atoms with Gasteiger partial charge in [-0.05, 0) is 32.2 Å². The van der Waals surface area contributed by atoms with Gasteiger partial charge in [0, 0.05) is 19.6 Å². The fraction of sp³-hybridized carbons (Fsp3) is 0.929. The summed E-state index contributed by atoms with van der Waals surface area (Å²) in [6.07, 6.45) is 4.54. The predicted molar refractivity (Wildman–Crippen MR) is 71.9 cm³/mol. The first-order valence-electron chi connectivity index (χ1n) is 7.22. The van der Waals surface area contributed by atoms with Crippen LogP contribution in [0.25, 0.3) is 0 Å². The molecule has 1 atom stereocenters. The number of nitrogens with one attached hydrogen (secondary N) is 1. The molecular formula is C14H28N2O. The van der Waals surface area contributed by atoms with Crippen molar-refractivity contribution in [3.63, 3.8) is 0 Å². The molecule has 0 radical (unpaired) electrons. The van der Waals surface area contributed by atoms with Crippen LogP contribution in [0.1, 0.15) is 46.5 Å². The molecule has 0 spiro atoms. The molecule has 1 fully saturated rings. The van der Waals surface area contributed by atoms with Gasteiger partial charge >= 0.3 is 0 Å². The van der Waals surface area contributed by atoms with Gasteiger partial charge in [-0.15, -0.1) is 0 Å². The molecule has 1 heterocycles. The van der Waals surface area contributed by atoms with E-state index in [1.165, 1.54) is 12.8 Å². The van der Waals surface area contributed by atoms with Gasteiger partial charge < -0.3 is 10.2 Å². The number of carbonyl (C=O) groups excluding carboxylic acids is 1. The SMILES string of the molecule is CCC(CC)CN(CC)C(=O)C1CCCNC1. The van der Waals surface area contributed by atoms with Crippen LogP contribution in [0.3, 0.4) is 0 Å². The smallest absolute Gasteiger partial charge is 0.226 e. The minimum absolute atomic E-state index is 0.220. The molecule has 0 aliphatic carbocycles. The Hall–Kier alpha value is -0.570. The van der Waals surface area contributed by atoms with Crippen molar-refractivity contribution in [3.05, 3.63) is 0 Å². The molecule has 1 aliphatic rings. The summed E-state index contributed by atoms with van der Waals surface area (Å²) >= 11 is 0. The van der Waals surface area contributed by atoms with Crippen LogP contribution in [-0.2, 0) is 4.79 Å². The first-order chi connectivity index (χ1) is 8.22. The summed E-state index contributed by atoms with van der Waals surface area (Å²) in [5.41, 5.74) is 0. The van der Waals surface area contributed by atoms with Crippen molar-refractivity contribution in [1.82, 2.24) is 10.2 Å². The third-order valence-corrected chi connectivity index (χ3v) is 3.97. The van der Waals surface area contributed by atoms with Crippen molar-refractivity contribution in [1.29, 1.82) is 0 Å². The van der Waals surface area contributed by atoms with Gasteiger partial charge in [0.05, 0.1) is 5.92 Å². The summed E-state index contributed by atoms with van der Waals surface area (Å²) in [4.78, 5) is 14.4. The van der Waals surface area contributed by atoms with Crippen molar-refractivity contribution >= 4 is 5.91 Å². The molecule has 17 heavy (non-hydrogen) atoms. The van der Waals surface area contributed by atoms with Gasteiger partial charge in [0.15, 0.2) is 0 Å². The standard InChI is InChI=1S/C14H28N2O/c1-4-12(5-2)11-16(6-3)14(17)13-8-7-9-15-10-13/h12-13,15H,4-11H2,1-3H3. The van der Waals surface area contributed by atoms with Gasteiger partial charge in [-0.2, -0.15) is 0 Å². The average molecular weight is 240 g/mol. The second kappa shape index (κ2) is 7.70. The highest BCUT2D eigenvalue weighted by Crippen LogP contribution is 2.16. The van der Waals surface area contributed by atoms with Gasteiger partial charge in [-0.1, -0.05) is 26.7 Å². The van der Waals surface area contributed by atoms with Crippen molar-refractivity contribution in [2.24, 2.45) is 11.8 Å². The summed E-state index contributed by atoms with van der Waals surface area (Å²) in [6, 6.07) is 0. The van der Waals surface area contributed by atoms with E-state index < -0.39 is 0 Å². The average Bonchev–Trinajstić information content (AvgIpc) is 2.40. The molecule has 3 nitrogen and oxygen atoms in total. The lowest BCUT2D eigenvalue weighted by molar-refractivity contribution is -0.136. The number of amides is 1. The molecular weight excluding hydrogens is 212 g/mol. The van der Waals surface area contributed by atoms with E-state index in [1.54, 1.807) is 0 Å². The van der Waals surface area contributed by atoms with Gasteiger partial charge in [-0.3, -0.25) is 4.79 Å². The number of rotatable bonds is 6. The van der Waals surface area contributed by atoms with Crippen molar-refractivity contribution in [2.75, 3.05) is 26.2 Å². The maximum absolute atomic E-state index is 12.4. The Bertz CT molecular complexity index is 220. The van der Waals surface area contributed by atoms with Crippen LogP contribution in [0.15, 0.2) is 0 Å². The quantitative estimate of drug-likeness (QED) is 0.772. The third-order valence-electron chi connectivity index (χ3n) is 3.97. The van der Waals surface area contributed by atoms with Gasteiger partial charge in [0.25, 0.3) is 0 Å². The van der Waals surface area contributed by atoms with Crippen LogP contribution >= 0.6 is 0 Å². The van der Waals surface area contributed by atoms with Gasteiger partial charge in [0.2, 0.25) is 5.91 Å². The lowest BCUT2D eigenvalue weighted by atomic mass is 9.96. The molecule has 1 amide bonds. The first kappa shape index (κ1) is 14.5. The van der Waals surface area contributed by atoms with Crippen molar-refractivity contribution in [3.8, 4) is 0 Å². The molecule has 0 bridgehead atoms. The summed E-state index contributed by atoms with van der Waals surface area (Å²) in [5, 5.41) is 3.33. The minimum Gasteiger partial charge on any atom is -0.342 e. The van der Waals surface area contributed by atoms with E-state index in [-0.39, 0.29) is 5.92 Å². The van der Waals surface area contributed by atoms with Crippen molar-refractivity contribution in [2.45, 2.75) is 46.5 Å². The minimum atomic E-state index is 0.220. The highest BCUT2D eigenvalue weighted by molar-refractivity contribution is 5.79. The molecule has 1 aliphatic heterocycles. The first-order valence-corrected chi connectivity index (χ1v) is 7.22. The van der Waals surface area contributed by atoms with Crippen LogP contribution < -0.4 is 5.32 Å². The monoisotopic (exact) mass is 240 g/mol. The van der Waals surface area contributed by atoms with Crippen molar-refractivity contribution < 1.29 is 4.79 Å². The van der Waals surface area contributed by atoms with Crippen LogP contribution in [0.5, 0.6) is 0 Å². The zero-order valence-corrected chi connectivity index (χ0v) is 11.7. The summed E-state index contributed by atoms with van der Waals surface area (Å²) < 4.78 is 0. The zero-order chi connectivity index (χ0) is 12.7. The normalized spacial score (nSPS) is 20.6. The molecule has 1 saturated heterocycles. The van der Waals surface area contributed by atoms with E-state index in [0.717, 1.165) is 39.0 Å². The van der Waals surface area contributed by atoms with E-state index in [4.69, 9.17) is 0 Å².